The molecule has 0 aliphatic carbocycles. The third-order valence-electron chi connectivity index (χ3n) is 2.47. The number of anilines is 1. The lowest BCUT2D eigenvalue weighted by Crippen LogP contribution is -2.38. The van der Waals surface area contributed by atoms with E-state index in [-0.39, 0.29) is 11.6 Å². The van der Waals surface area contributed by atoms with Gasteiger partial charge in [-0.2, -0.15) is 0 Å². The summed E-state index contributed by atoms with van der Waals surface area (Å²) in [6, 6.07) is 2.90. The number of aliphatic hydroxyl groups excluding tert-OH is 1. The Morgan fingerprint density at radius 1 is 1.53 bits per heavy atom. The number of benzene rings is 1. The molecule has 1 aliphatic heterocycles. The molecule has 1 atom stereocenters. The first-order valence-corrected chi connectivity index (χ1v) is 4.99. The Morgan fingerprint density at radius 2 is 2.27 bits per heavy atom. The maximum absolute atomic E-state index is 13.1. The van der Waals surface area contributed by atoms with E-state index in [2.05, 4.69) is 5.32 Å². The molecule has 1 aromatic carbocycles. The average molecular weight is 228 g/mol. The standard InChI is InChI=1S/C11H11ClFNO/c1-11(6-15)3-2-7-4-9(13)8(12)5-10(7)14-11/h2-5,14-15H,6H2,1H3. The predicted octanol–water partition coefficient (Wildman–Crippen LogP) is 2.67. The Morgan fingerprint density at radius 3 is 2.93 bits per heavy atom. The molecule has 80 valence electrons. The van der Waals surface area contributed by atoms with E-state index in [1.807, 2.05) is 13.0 Å². The largest absolute Gasteiger partial charge is 0.394 e. The first kappa shape index (κ1) is 10.5. The van der Waals surface area contributed by atoms with Crippen molar-refractivity contribution in [2.75, 3.05) is 11.9 Å². The number of fused-ring (bicyclic) bond motifs is 1. The summed E-state index contributed by atoms with van der Waals surface area (Å²) in [4.78, 5) is 0. The van der Waals surface area contributed by atoms with Crippen molar-refractivity contribution in [3.05, 3.63) is 34.6 Å². The van der Waals surface area contributed by atoms with E-state index in [0.29, 0.717) is 0 Å². The molecule has 1 aliphatic rings. The van der Waals surface area contributed by atoms with Gasteiger partial charge in [0.15, 0.2) is 0 Å². The second-order valence-corrected chi connectivity index (χ2v) is 4.29. The molecule has 2 nitrogen and oxygen atoms in total. The van der Waals surface area contributed by atoms with Gasteiger partial charge in [0, 0.05) is 11.3 Å². The zero-order valence-corrected chi connectivity index (χ0v) is 8.98. The molecule has 0 spiro atoms. The number of hydrogen-bond acceptors (Lipinski definition) is 2. The topological polar surface area (TPSA) is 32.3 Å². The van der Waals surface area contributed by atoms with Crippen molar-refractivity contribution in [1.29, 1.82) is 0 Å². The van der Waals surface area contributed by atoms with Crippen LogP contribution < -0.4 is 5.32 Å². The zero-order valence-electron chi connectivity index (χ0n) is 8.22. The SMILES string of the molecule is CC1(CO)C=Cc2cc(F)c(Cl)cc2N1. The quantitative estimate of drug-likeness (QED) is 0.773. The molecule has 0 aromatic heterocycles. The van der Waals surface area contributed by atoms with Gasteiger partial charge in [0.1, 0.15) is 5.82 Å². The Hall–Kier alpha value is -1.06. The van der Waals surface area contributed by atoms with Crippen LogP contribution in [-0.2, 0) is 0 Å². The second-order valence-electron chi connectivity index (χ2n) is 3.89. The van der Waals surface area contributed by atoms with Crippen molar-refractivity contribution in [3.63, 3.8) is 0 Å². The third-order valence-corrected chi connectivity index (χ3v) is 2.76. The van der Waals surface area contributed by atoms with Crippen LogP contribution in [0.2, 0.25) is 5.02 Å². The zero-order chi connectivity index (χ0) is 11.1. The first-order valence-electron chi connectivity index (χ1n) is 4.61. The molecule has 2 N–H and O–H groups in total. The molecule has 1 unspecified atom stereocenters. The monoisotopic (exact) mass is 227 g/mol. The van der Waals surface area contributed by atoms with Gasteiger partial charge >= 0.3 is 0 Å². The van der Waals surface area contributed by atoms with Crippen molar-refractivity contribution in [3.8, 4) is 0 Å². The van der Waals surface area contributed by atoms with Crippen LogP contribution in [-0.4, -0.2) is 17.3 Å². The Labute approximate surface area is 92.4 Å². The van der Waals surface area contributed by atoms with Crippen molar-refractivity contribution in [1.82, 2.24) is 0 Å². The molecule has 0 radical (unpaired) electrons. The summed E-state index contributed by atoms with van der Waals surface area (Å²) < 4.78 is 13.1. The highest BCUT2D eigenvalue weighted by Gasteiger charge is 2.24. The van der Waals surface area contributed by atoms with E-state index in [4.69, 9.17) is 11.6 Å². The highest BCUT2D eigenvalue weighted by Crippen LogP contribution is 2.31. The van der Waals surface area contributed by atoms with Crippen LogP contribution in [0.1, 0.15) is 12.5 Å². The summed E-state index contributed by atoms with van der Waals surface area (Å²) in [5.41, 5.74) is 0.969. The van der Waals surface area contributed by atoms with Crippen molar-refractivity contribution >= 4 is 23.4 Å². The molecular weight excluding hydrogens is 217 g/mol. The van der Waals surface area contributed by atoms with Gasteiger partial charge in [-0.05, 0) is 19.1 Å². The highest BCUT2D eigenvalue weighted by atomic mass is 35.5. The molecule has 0 bridgehead atoms. The Kier molecular flexibility index (Phi) is 2.44. The fourth-order valence-electron chi connectivity index (χ4n) is 1.52. The van der Waals surface area contributed by atoms with Gasteiger partial charge in [-0.25, -0.2) is 4.39 Å². The van der Waals surface area contributed by atoms with E-state index in [9.17, 15) is 9.50 Å². The number of nitrogens with one attached hydrogen (secondary N) is 1. The predicted molar refractivity (Wildman–Crippen MR) is 59.6 cm³/mol. The maximum Gasteiger partial charge on any atom is 0.142 e. The number of halogens is 2. The van der Waals surface area contributed by atoms with Crippen molar-refractivity contribution in [2.45, 2.75) is 12.5 Å². The van der Waals surface area contributed by atoms with Gasteiger partial charge in [-0.3, -0.25) is 0 Å². The lowest BCUT2D eigenvalue weighted by atomic mass is 9.95. The number of aliphatic hydroxyl groups is 1. The van der Waals surface area contributed by atoms with Crippen LogP contribution in [0.25, 0.3) is 6.08 Å². The molecule has 0 saturated heterocycles. The maximum atomic E-state index is 13.1. The van der Waals surface area contributed by atoms with E-state index < -0.39 is 11.4 Å². The summed E-state index contributed by atoms with van der Waals surface area (Å²) in [5.74, 6) is -0.436. The minimum absolute atomic E-state index is 0.0298. The summed E-state index contributed by atoms with van der Waals surface area (Å²) in [7, 11) is 0. The number of rotatable bonds is 1. The highest BCUT2D eigenvalue weighted by molar-refractivity contribution is 6.31. The molecular formula is C11H11ClFNO. The van der Waals surface area contributed by atoms with Crippen LogP contribution in [0.5, 0.6) is 0 Å². The van der Waals surface area contributed by atoms with Gasteiger partial charge in [-0.15, -0.1) is 0 Å². The van der Waals surface area contributed by atoms with E-state index in [0.717, 1.165) is 11.3 Å². The van der Waals surface area contributed by atoms with Gasteiger partial charge in [0.05, 0.1) is 17.2 Å². The Balaban J connectivity index is 2.46. The molecule has 15 heavy (non-hydrogen) atoms. The van der Waals surface area contributed by atoms with Gasteiger partial charge < -0.3 is 10.4 Å². The summed E-state index contributed by atoms with van der Waals surface area (Å²) in [5, 5.41) is 12.4. The fourth-order valence-corrected chi connectivity index (χ4v) is 1.69. The minimum Gasteiger partial charge on any atom is -0.394 e. The molecule has 4 heteroatoms. The van der Waals surface area contributed by atoms with Crippen LogP contribution in [0.3, 0.4) is 0 Å². The van der Waals surface area contributed by atoms with Crippen molar-refractivity contribution in [2.24, 2.45) is 0 Å². The van der Waals surface area contributed by atoms with Crippen molar-refractivity contribution < 1.29 is 9.50 Å². The Bertz CT molecular complexity index is 433. The smallest absolute Gasteiger partial charge is 0.142 e. The van der Waals surface area contributed by atoms with E-state index >= 15 is 0 Å². The summed E-state index contributed by atoms with van der Waals surface area (Å²) >= 11 is 5.68. The van der Waals surface area contributed by atoms with E-state index in [1.165, 1.54) is 12.1 Å². The molecule has 1 aromatic rings. The fraction of sp³-hybridized carbons (Fsp3) is 0.273. The van der Waals surface area contributed by atoms with Gasteiger partial charge in [0.2, 0.25) is 0 Å². The van der Waals surface area contributed by atoms with Crippen LogP contribution in [0.4, 0.5) is 10.1 Å². The van der Waals surface area contributed by atoms with Crippen LogP contribution in [0, 0.1) is 5.82 Å². The number of hydrogen-bond donors (Lipinski definition) is 2. The van der Waals surface area contributed by atoms with Crippen LogP contribution in [0.15, 0.2) is 18.2 Å². The first-order chi connectivity index (χ1) is 7.04. The van der Waals surface area contributed by atoms with Crippen LogP contribution >= 0.6 is 11.6 Å². The van der Waals surface area contributed by atoms with Gasteiger partial charge in [0.25, 0.3) is 0 Å². The molecule has 0 amide bonds. The third kappa shape index (κ3) is 1.85. The lowest BCUT2D eigenvalue weighted by molar-refractivity contribution is 0.249. The molecule has 0 fully saturated rings. The molecule has 0 saturated carbocycles. The van der Waals surface area contributed by atoms with E-state index in [1.54, 1.807) is 6.08 Å². The van der Waals surface area contributed by atoms with Gasteiger partial charge in [-0.1, -0.05) is 23.8 Å². The normalized spacial score (nSPS) is 23.5. The lowest BCUT2D eigenvalue weighted by Gasteiger charge is -2.31. The molecule has 2 rings (SSSR count). The summed E-state index contributed by atoms with van der Waals surface area (Å²) in [6.45, 7) is 1.82. The average Bonchev–Trinajstić information content (AvgIpc) is 2.21. The minimum atomic E-state index is -0.506. The summed E-state index contributed by atoms with van der Waals surface area (Å²) in [6.07, 6.45) is 3.59. The second kappa shape index (κ2) is 3.51. The molecule has 1 heterocycles.